The van der Waals surface area contributed by atoms with Crippen LogP contribution in [-0.2, 0) is 16.7 Å². The van der Waals surface area contributed by atoms with Crippen molar-refractivity contribution in [3.05, 3.63) is 44.7 Å². The third-order valence-corrected chi connectivity index (χ3v) is 6.15. The highest BCUT2D eigenvalue weighted by Crippen LogP contribution is 2.26. The molecule has 146 valence electrons. The van der Waals surface area contributed by atoms with E-state index < -0.39 is 0 Å². The van der Waals surface area contributed by atoms with E-state index in [9.17, 15) is 4.79 Å². The van der Waals surface area contributed by atoms with Gasteiger partial charge in [-0.15, -0.1) is 11.3 Å². The highest BCUT2D eigenvalue weighted by molar-refractivity contribution is 7.09. The molecule has 7 heteroatoms. The SMILES string of the molecule is COc1ccc(Cl)cc1C(=O)/N=c1\sc(C(C)(C)C)cn1C[C@H]1CCCO1. The molecule has 1 amide bonds. The summed E-state index contributed by atoms with van der Waals surface area (Å²) in [6, 6.07) is 4.97. The monoisotopic (exact) mass is 408 g/mol. The summed E-state index contributed by atoms with van der Waals surface area (Å²) in [5, 5.41) is 0.475. The van der Waals surface area contributed by atoms with Crippen molar-refractivity contribution in [2.45, 2.75) is 51.7 Å². The van der Waals surface area contributed by atoms with E-state index in [2.05, 4.69) is 32.0 Å². The van der Waals surface area contributed by atoms with Crippen LogP contribution in [0.5, 0.6) is 5.75 Å². The fourth-order valence-corrected chi connectivity index (χ4v) is 4.17. The number of hydrogen-bond donors (Lipinski definition) is 0. The normalized spacial score (nSPS) is 18.1. The summed E-state index contributed by atoms with van der Waals surface area (Å²) in [6.07, 6.45) is 4.37. The molecule has 1 aliphatic heterocycles. The number of halogens is 1. The molecule has 1 aliphatic rings. The van der Waals surface area contributed by atoms with Crippen molar-refractivity contribution < 1.29 is 14.3 Å². The highest BCUT2D eigenvalue weighted by Gasteiger charge is 2.22. The molecule has 5 nitrogen and oxygen atoms in total. The molecule has 0 unspecified atom stereocenters. The van der Waals surface area contributed by atoms with Gasteiger partial charge in [-0.05, 0) is 36.5 Å². The fraction of sp³-hybridized carbons (Fsp3) is 0.500. The molecule has 2 aromatic rings. The summed E-state index contributed by atoms with van der Waals surface area (Å²) >= 11 is 7.60. The van der Waals surface area contributed by atoms with Crippen molar-refractivity contribution in [1.29, 1.82) is 0 Å². The lowest BCUT2D eigenvalue weighted by Crippen LogP contribution is -2.23. The minimum Gasteiger partial charge on any atom is -0.496 e. The van der Waals surface area contributed by atoms with Crippen molar-refractivity contribution in [2.24, 2.45) is 4.99 Å². The van der Waals surface area contributed by atoms with E-state index >= 15 is 0 Å². The molecule has 2 heterocycles. The number of thiazole rings is 1. The molecule has 0 saturated carbocycles. The van der Waals surface area contributed by atoms with E-state index in [1.165, 1.54) is 23.3 Å². The Morgan fingerprint density at radius 1 is 1.44 bits per heavy atom. The Hall–Kier alpha value is -1.63. The average Bonchev–Trinajstić information content (AvgIpc) is 3.25. The quantitative estimate of drug-likeness (QED) is 0.751. The number of carbonyl (C=O) groups is 1. The lowest BCUT2D eigenvalue weighted by atomic mass is 9.95. The molecule has 0 aliphatic carbocycles. The summed E-state index contributed by atoms with van der Waals surface area (Å²) in [5.41, 5.74) is 0.340. The van der Waals surface area contributed by atoms with Crippen LogP contribution >= 0.6 is 22.9 Å². The molecule has 0 bridgehead atoms. The Kier molecular flexibility index (Phi) is 6.08. The van der Waals surface area contributed by atoms with E-state index in [4.69, 9.17) is 21.1 Å². The van der Waals surface area contributed by atoms with Gasteiger partial charge in [-0.3, -0.25) is 4.79 Å². The smallest absolute Gasteiger partial charge is 0.283 e. The fourth-order valence-electron chi connectivity index (χ4n) is 2.95. The van der Waals surface area contributed by atoms with Gasteiger partial charge < -0.3 is 14.0 Å². The second-order valence-corrected chi connectivity index (χ2v) is 9.12. The van der Waals surface area contributed by atoms with Crippen LogP contribution in [0.2, 0.25) is 5.02 Å². The van der Waals surface area contributed by atoms with Crippen LogP contribution in [0.4, 0.5) is 0 Å². The zero-order valence-corrected chi connectivity index (χ0v) is 17.7. The molecule has 1 aromatic carbocycles. The minimum absolute atomic E-state index is 0.0203. The molecular weight excluding hydrogens is 384 g/mol. The first-order valence-corrected chi connectivity index (χ1v) is 10.2. The standard InChI is InChI=1S/C20H25ClN2O3S/c1-20(2,3)17-12-23(11-14-6-5-9-26-14)19(27-17)22-18(24)15-10-13(21)7-8-16(15)25-4/h7-8,10,12,14H,5-6,9,11H2,1-4H3/b22-19-/t14-/m1/s1. The lowest BCUT2D eigenvalue weighted by molar-refractivity contribution is 0.0948. The number of amides is 1. The van der Waals surface area contributed by atoms with Gasteiger partial charge in [0.15, 0.2) is 4.80 Å². The van der Waals surface area contributed by atoms with Crippen molar-refractivity contribution in [1.82, 2.24) is 4.57 Å². The summed E-state index contributed by atoms with van der Waals surface area (Å²) in [5.74, 6) is 0.101. The largest absolute Gasteiger partial charge is 0.496 e. The highest BCUT2D eigenvalue weighted by atomic mass is 35.5. The first kappa shape index (κ1) is 20.1. The Morgan fingerprint density at radius 2 is 2.22 bits per heavy atom. The summed E-state index contributed by atoms with van der Waals surface area (Å²) in [7, 11) is 1.53. The molecule has 27 heavy (non-hydrogen) atoms. The number of nitrogens with zero attached hydrogens (tertiary/aromatic N) is 2. The Morgan fingerprint density at radius 3 is 2.85 bits per heavy atom. The summed E-state index contributed by atoms with van der Waals surface area (Å²) < 4.78 is 13.1. The molecule has 1 atom stereocenters. The van der Waals surface area contributed by atoms with Gasteiger partial charge in [0.2, 0.25) is 0 Å². The number of aromatic nitrogens is 1. The van der Waals surface area contributed by atoms with Gasteiger partial charge in [0, 0.05) is 22.7 Å². The number of rotatable bonds is 4. The Bertz CT molecular complexity index is 889. The summed E-state index contributed by atoms with van der Waals surface area (Å²) in [6.45, 7) is 7.96. The van der Waals surface area contributed by atoms with Crippen molar-refractivity contribution in [3.8, 4) is 5.75 Å². The Balaban J connectivity index is 2.02. The van der Waals surface area contributed by atoms with E-state index in [0.717, 1.165) is 19.4 Å². The molecule has 3 rings (SSSR count). The van der Waals surface area contributed by atoms with Crippen LogP contribution in [0.15, 0.2) is 29.4 Å². The van der Waals surface area contributed by atoms with Crippen LogP contribution in [0, 0.1) is 0 Å². The van der Waals surface area contributed by atoms with Gasteiger partial charge in [0.1, 0.15) is 5.75 Å². The second kappa shape index (κ2) is 8.17. The van der Waals surface area contributed by atoms with E-state index in [0.29, 0.717) is 27.7 Å². The first-order valence-electron chi connectivity index (χ1n) is 9.03. The van der Waals surface area contributed by atoms with E-state index in [1.807, 2.05) is 4.57 Å². The number of ether oxygens (including phenoxy) is 2. The maximum Gasteiger partial charge on any atom is 0.283 e. The predicted octanol–water partition coefficient (Wildman–Crippen LogP) is 4.43. The van der Waals surface area contributed by atoms with Gasteiger partial charge >= 0.3 is 0 Å². The molecular formula is C20H25ClN2O3S. The zero-order valence-electron chi connectivity index (χ0n) is 16.1. The van der Waals surface area contributed by atoms with Crippen molar-refractivity contribution in [3.63, 3.8) is 0 Å². The van der Waals surface area contributed by atoms with Gasteiger partial charge in [-0.1, -0.05) is 32.4 Å². The van der Waals surface area contributed by atoms with Crippen LogP contribution in [0.1, 0.15) is 48.8 Å². The number of hydrogen-bond acceptors (Lipinski definition) is 4. The summed E-state index contributed by atoms with van der Waals surface area (Å²) in [4.78, 5) is 19.1. The number of carbonyl (C=O) groups excluding carboxylic acids is 1. The zero-order chi connectivity index (χ0) is 19.6. The molecule has 1 fully saturated rings. The number of methoxy groups -OCH3 is 1. The Labute approximate surface area is 168 Å². The van der Waals surface area contributed by atoms with Crippen LogP contribution in [0.3, 0.4) is 0 Å². The minimum atomic E-state index is -0.363. The lowest BCUT2D eigenvalue weighted by Gasteiger charge is -2.15. The van der Waals surface area contributed by atoms with Gasteiger partial charge in [-0.25, -0.2) is 0 Å². The maximum absolute atomic E-state index is 12.9. The van der Waals surface area contributed by atoms with E-state index in [1.54, 1.807) is 18.2 Å². The molecule has 0 spiro atoms. The molecule has 0 N–H and O–H groups in total. The van der Waals surface area contributed by atoms with Crippen LogP contribution in [-0.4, -0.2) is 30.3 Å². The van der Waals surface area contributed by atoms with Crippen LogP contribution < -0.4 is 9.54 Å². The topological polar surface area (TPSA) is 52.8 Å². The maximum atomic E-state index is 12.9. The van der Waals surface area contributed by atoms with Crippen molar-refractivity contribution >= 4 is 28.8 Å². The third-order valence-electron chi connectivity index (χ3n) is 4.47. The molecule has 1 aromatic heterocycles. The van der Waals surface area contributed by atoms with Gasteiger partial charge in [0.05, 0.1) is 25.3 Å². The molecule has 1 saturated heterocycles. The number of benzene rings is 1. The predicted molar refractivity (Wildman–Crippen MR) is 108 cm³/mol. The van der Waals surface area contributed by atoms with Crippen LogP contribution in [0.25, 0.3) is 0 Å². The first-order chi connectivity index (χ1) is 12.8. The van der Waals surface area contributed by atoms with Gasteiger partial charge in [-0.2, -0.15) is 4.99 Å². The van der Waals surface area contributed by atoms with E-state index in [-0.39, 0.29) is 17.4 Å². The average molecular weight is 409 g/mol. The molecule has 0 radical (unpaired) electrons. The second-order valence-electron chi connectivity index (χ2n) is 7.68. The third kappa shape index (κ3) is 4.81. The van der Waals surface area contributed by atoms with Crippen molar-refractivity contribution in [2.75, 3.05) is 13.7 Å². The van der Waals surface area contributed by atoms with Gasteiger partial charge in [0.25, 0.3) is 5.91 Å².